The maximum atomic E-state index is 9.15. The van der Waals surface area contributed by atoms with Crippen molar-refractivity contribution >= 4 is 16.7 Å². The number of hydrogen-bond acceptors (Lipinski definition) is 5. The summed E-state index contributed by atoms with van der Waals surface area (Å²) in [6.07, 6.45) is 3.44. The summed E-state index contributed by atoms with van der Waals surface area (Å²) in [4.78, 5) is 4.26. The predicted molar refractivity (Wildman–Crippen MR) is 56.5 cm³/mol. The van der Waals surface area contributed by atoms with Gasteiger partial charge >= 0.3 is 0 Å². The van der Waals surface area contributed by atoms with Crippen LogP contribution in [0.15, 0.2) is 0 Å². The van der Waals surface area contributed by atoms with Crippen molar-refractivity contribution in [3.63, 3.8) is 0 Å². The molecule has 78 valence electrons. The van der Waals surface area contributed by atoms with Crippen molar-refractivity contribution in [1.29, 1.82) is 0 Å². The van der Waals surface area contributed by atoms with Crippen molar-refractivity contribution in [3.05, 3.63) is 5.82 Å². The first-order chi connectivity index (χ1) is 6.79. The Hall–Kier alpha value is -0.680. The lowest BCUT2D eigenvalue weighted by Gasteiger charge is -2.17. The van der Waals surface area contributed by atoms with Gasteiger partial charge in [-0.2, -0.15) is 4.37 Å². The number of aryl methyl sites for hydroxylation is 1. The highest BCUT2D eigenvalue weighted by atomic mass is 32.1. The fourth-order valence-electron chi connectivity index (χ4n) is 1.96. The van der Waals surface area contributed by atoms with Crippen molar-refractivity contribution in [2.45, 2.75) is 32.2 Å². The Labute approximate surface area is 87.5 Å². The largest absolute Gasteiger partial charge is 0.396 e. The summed E-state index contributed by atoms with van der Waals surface area (Å²) in [5.41, 5.74) is 0. The summed E-state index contributed by atoms with van der Waals surface area (Å²) < 4.78 is 4.12. The van der Waals surface area contributed by atoms with Gasteiger partial charge in [-0.3, -0.25) is 0 Å². The molecule has 1 aromatic rings. The number of aliphatic hydroxyl groups is 1. The molecular weight excluding hydrogens is 198 g/mol. The molecule has 1 heterocycles. The van der Waals surface area contributed by atoms with E-state index in [2.05, 4.69) is 14.7 Å². The van der Waals surface area contributed by atoms with Crippen LogP contribution in [0.2, 0.25) is 0 Å². The molecule has 1 aliphatic carbocycles. The molecule has 0 unspecified atom stereocenters. The van der Waals surface area contributed by atoms with Gasteiger partial charge < -0.3 is 10.4 Å². The second-order valence-electron chi connectivity index (χ2n) is 3.77. The van der Waals surface area contributed by atoms with E-state index in [4.69, 9.17) is 5.11 Å². The molecule has 0 aliphatic heterocycles. The number of aliphatic hydroxyl groups excluding tert-OH is 1. The number of nitrogens with one attached hydrogen (secondary N) is 1. The number of rotatable bonds is 3. The Morgan fingerprint density at radius 1 is 1.57 bits per heavy atom. The van der Waals surface area contributed by atoms with Gasteiger partial charge in [0.2, 0.25) is 5.13 Å². The lowest BCUT2D eigenvalue weighted by atomic mass is 10.1. The van der Waals surface area contributed by atoms with E-state index in [1.165, 1.54) is 18.0 Å². The fraction of sp³-hybridized carbons (Fsp3) is 0.778. The maximum absolute atomic E-state index is 9.15. The SMILES string of the molecule is Cc1nsc(N[C@H]2CCC[C@@H]2CO)n1. The van der Waals surface area contributed by atoms with Crippen molar-refractivity contribution < 1.29 is 5.11 Å². The van der Waals surface area contributed by atoms with E-state index in [-0.39, 0.29) is 6.61 Å². The predicted octanol–water partition coefficient (Wildman–Crippen LogP) is 1.42. The van der Waals surface area contributed by atoms with E-state index in [1.54, 1.807) is 0 Å². The number of nitrogens with zero attached hydrogens (tertiary/aromatic N) is 2. The van der Waals surface area contributed by atoms with E-state index in [0.29, 0.717) is 12.0 Å². The highest BCUT2D eigenvalue weighted by Gasteiger charge is 2.26. The van der Waals surface area contributed by atoms with Crippen molar-refractivity contribution in [2.75, 3.05) is 11.9 Å². The monoisotopic (exact) mass is 213 g/mol. The molecule has 0 radical (unpaired) electrons. The molecule has 2 N–H and O–H groups in total. The molecule has 1 fully saturated rings. The van der Waals surface area contributed by atoms with Crippen LogP contribution >= 0.6 is 11.5 Å². The third-order valence-electron chi connectivity index (χ3n) is 2.73. The average molecular weight is 213 g/mol. The van der Waals surface area contributed by atoms with Crippen LogP contribution in [0, 0.1) is 12.8 Å². The summed E-state index contributed by atoms with van der Waals surface area (Å²) in [5.74, 6) is 1.20. The first-order valence-corrected chi connectivity index (χ1v) is 5.74. The van der Waals surface area contributed by atoms with Gasteiger partial charge in [0.1, 0.15) is 5.82 Å². The second-order valence-corrected chi connectivity index (χ2v) is 4.52. The standard InChI is InChI=1S/C9H15N3OS/c1-6-10-9(14-12-6)11-8-4-2-3-7(8)5-13/h7-8,13H,2-5H2,1H3,(H,10,11,12)/t7-,8+/m1/s1. The molecule has 0 aromatic carbocycles. The van der Waals surface area contributed by atoms with Gasteiger partial charge in [-0.15, -0.1) is 0 Å². The van der Waals surface area contributed by atoms with Gasteiger partial charge in [0.05, 0.1) is 0 Å². The third-order valence-corrected chi connectivity index (χ3v) is 3.47. The van der Waals surface area contributed by atoms with Crippen LogP contribution in [-0.2, 0) is 0 Å². The molecule has 0 bridgehead atoms. The van der Waals surface area contributed by atoms with Crippen molar-refractivity contribution in [2.24, 2.45) is 5.92 Å². The van der Waals surface area contributed by atoms with Crippen LogP contribution in [0.25, 0.3) is 0 Å². The Bertz CT molecular complexity index is 302. The highest BCUT2D eigenvalue weighted by molar-refractivity contribution is 7.09. The van der Waals surface area contributed by atoms with Crippen LogP contribution in [0.1, 0.15) is 25.1 Å². The Morgan fingerprint density at radius 3 is 3.07 bits per heavy atom. The van der Waals surface area contributed by atoms with Crippen LogP contribution in [-0.4, -0.2) is 27.1 Å². The van der Waals surface area contributed by atoms with Crippen LogP contribution in [0.3, 0.4) is 0 Å². The first-order valence-electron chi connectivity index (χ1n) is 4.97. The van der Waals surface area contributed by atoms with E-state index in [1.807, 2.05) is 6.92 Å². The van der Waals surface area contributed by atoms with Gasteiger partial charge in [-0.05, 0) is 19.8 Å². The molecule has 1 aromatic heterocycles. The van der Waals surface area contributed by atoms with E-state index in [9.17, 15) is 0 Å². The van der Waals surface area contributed by atoms with Gasteiger partial charge in [-0.1, -0.05) is 6.42 Å². The molecule has 1 aliphatic rings. The van der Waals surface area contributed by atoms with E-state index in [0.717, 1.165) is 23.8 Å². The zero-order valence-corrected chi connectivity index (χ0v) is 9.05. The Balaban J connectivity index is 1.96. The molecule has 2 rings (SSSR count). The lowest BCUT2D eigenvalue weighted by molar-refractivity contribution is 0.222. The molecular formula is C9H15N3OS. The summed E-state index contributed by atoms with van der Waals surface area (Å²) in [7, 11) is 0. The van der Waals surface area contributed by atoms with Crippen molar-refractivity contribution in [1.82, 2.24) is 9.36 Å². The molecule has 0 saturated heterocycles. The Morgan fingerprint density at radius 2 is 2.43 bits per heavy atom. The molecule has 14 heavy (non-hydrogen) atoms. The smallest absolute Gasteiger partial charge is 0.202 e. The minimum atomic E-state index is 0.273. The minimum Gasteiger partial charge on any atom is -0.396 e. The van der Waals surface area contributed by atoms with Gasteiger partial charge in [0, 0.05) is 30.1 Å². The first kappa shape index (κ1) is 9.86. The summed E-state index contributed by atoms with van der Waals surface area (Å²) in [5, 5.41) is 13.4. The quantitative estimate of drug-likeness (QED) is 0.797. The number of aromatic nitrogens is 2. The fourth-order valence-corrected chi connectivity index (χ4v) is 2.60. The molecule has 0 spiro atoms. The average Bonchev–Trinajstić information content (AvgIpc) is 2.76. The topological polar surface area (TPSA) is 58.0 Å². The van der Waals surface area contributed by atoms with Crippen LogP contribution in [0.5, 0.6) is 0 Å². The zero-order chi connectivity index (χ0) is 9.97. The molecule has 4 nitrogen and oxygen atoms in total. The van der Waals surface area contributed by atoms with Gasteiger partial charge in [-0.25, -0.2) is 4.98 Å². The summed E-state index contributed by atoms with van der Waals surface area (Å²) in [6, 6.07) is 0.382. The Kier molecular flexibility index (Phi) is 2.98. The highest BCUT2D eigenvalue weighted by Crippen LogP contribution is 2.28. The zero-order valence-electron chi connectivity index (χ0n) is 8.23. The maximum Gasteiger partial charge on any atom is 0.202 e. The minimum absolute atomic E-state index is 0.273. The number of hydrogen-bond donors (Lipinski definition) is 2. The van der Waals surface area contributed by atoms with Crippen LogP contribution < -0.4 is 5.32 Å². The molecule has 0 amide bonds. The molecule has 5 heteroatoms. The number of anilines is 1. The van der Waals surface area contributed by atoms with Crippen LogP contribution in [0.4, 0.5) is 5.13 Å². The normalized spacial score (nSPS) is 26.7. The molecule has 1 saturated carbocycles. The second kappa shape index (κ2) is 4.23. The third kappa shape index (κ3) is 2.04. The molecule has 2 atom stereocenters. The van der Waals surface area contributed by atoms with Gasteiger partial charge in [0.15, 0.2) is 0 Å². The lowest BCUT2D eigenvalue weighted by Crippen LogP contribution is -2.26. The summed E-state index contributed by atoms with van der Waals surface area (Å²) in [6.45, 7) is 2.16. The van der Waals surface area contributed by atoms with E-state index >= 15 is 0 Å². The van der Waals surface area contributed by atoms with Crippen molar-refractivity contribution in [3.8, 4) is 0 Å². The van der Waals surface area contributed by atoms with Gasteiger partial charge in [0.25, 0.3) is 0 Å². The van der Waals surface area contributed by atoms with E-state index < -0.39 is 0 Å². The summed E-state index contributed by atoms with van der Waals surface area (Å²) >= 11 is 1.40.